The minimum Gasteiger partial charge on any atom is -0.493 e. The summed E-state index contributed by atoms with van der Waals surface area (Å²) in [5, 5.41) is 3.59. The smallest absolute Gasteiger partial charge is 0.218 e. The van der Waals surface area contributed by atoms with Crippen LogP contribution in [0.3, 0.4) is 0 Å². The molecule has 0 saturated carbocycles. The highest BCUT2D eigenvalue weighted by Crippen LogP contribution is 2.29. The number of nitrogens with zero attached hydrogens (tertiary/aromatic N) is 2. The van der Waals surface area contributed by atoms with Crippen LogP contribution in [0.15, 0.2) is 100 Å². The van der Waals surface area contributed by atoms with E-state index in [4.69, 9.17) is 23.0 Å². The van der Waals surface area contributed by atoms with Gasteiger partial charge in [0.25, 0.3) is 0 Å². The maximum Gasteiger partial charge on any atom is 0.218 e. The van der Waals surface area contributed by atoms with Crippen LogP contribution in [0.2, 0.25) is 0 Å². The number of oxazole rings is 2. The Morgan fingerprint density at radius 3 is 2.16 bits per heavy atom. The molecule has 2 atom stereocenters. The molecule has 5 aromatic rings. The normalized spacial score (nSPS) is 16.6. The summed E-state index contributed by atoms with van der Waals surface area (Å²) in [6, 6.07) is 26.5. The molecule has 0 amide bonds. The van der Waals surface area contributed by atoms with Crippen molar-refractivity contribution in [3.63, 3.8) is 0 Å². The van der Waals surface area contributed by atoms with Crippen molar-refractivity contribution in [1.82, 2.24) is 15.3 Å². The minimum atomic E-state index is -0.0664. The fourth-order valence-corrected chi connectivity index (χ4v) is 5.18. The van der Waals surface area contributed by atoms with Gasteiger partial charge in [0.05, 0.1) is 19.4 Å². The van der Waals surface area contributed by atoms with E-state index in [1.807, 2.05) is 97.1 Å². The molecule has 0 radical (unpaired) electrons. The summed E-state index contributed by atoms with van der Waals surface area (Å²) >= 11 is 0. The van der Waals surface area contributed by atoms with Gasteiger partial charge in [0.1, 0.15) is 31.1 Å². The molecule has 3 aromatic carbocycles. The van der Waals surface area contributed by atoms with Crippen molar-refractivity contribution in [2.75, 3.05) is 13.7 Å². The van der Waals surface area contributed by atoms with E-state index in [0.717, 1.165) is 36.1 Å². The number of benzene rings is 3. The van der Waals surface area contributed by atoms with Crippen LogP contribution in [-0.4, -0.2) is 36.0 Å². The first-order valence-corrected chi connectivity index (χ1v) is 15.2. The number of rotatable bonds is 14. The topological polar surface area (TPSA) is 91.8 Å². The summed E-state index contributed by atoms with van der Waals surface area (Å²) < 4.78 is 28.8. The van der Waals surface area contributed by atoms with E-state index in [1.54, 1.807) is 19.6 Å². The Bertz CT molecular complexity index is 1690. The van der Waals surface area contributed by atoms with Crippen molar-refractivity contribution >= 4 is 24.3 Å². The summed E-state index contributed by atoms with van der Waals surface area (Å²) in [6.45, 7) is 0.970. The van der Waals surface area contributed by atoms with Crippen LogP contribution in [0.4, 0.5) is 0 Å². The van der Waals surface area contributed by atoms with Gasteiger partial charge in [-0.15, -0.1) is 0 Å². The fourth-order valence-electron chi connectivity index (χ4n) is 5.18. The van der Waals surface area contributed by atoms with Crippen LogP contribution in [0.5, 0.6) is 11.5 Å². The van der Waals surface area contributed by atoms with Crippen molar-refractivity contribution in [1.29, 1.82) is 0 Å². The third-order valence-corrected chi connectivity index (χ3v) is 7.51. The lowest BCUT2D eigenvalue weighted by Crippen LogP contribution is -2.32. The van der Waals surface area contributed by atoms with E-state index < -0.39 is 0 Å². The van der Waals surface area contributed by atoms with E-state index in [1.165, 1.54) is 5.56 Å². The molecule has 8 heteroatoms. The van der Waals surface area contributed by atoms with E-state index in [9.17, 15) is 0 Å². The number of aromatic nitrogens is 2. The van der Waals surface area contributed by atoms with Gasteiger partial charge in [0.15, 0.2) is 11.5 Å². The van der Waals surface area contributed by atoms with Gasteiger partial charge in [-0.2, -0.15) is 0 Å². The molecule has 2 aromatic heterocycles. The van der Waals surface area contributed by atoms with Crippen molar-refractivity contribution < 1.29 is 23.0 Å². The molecule has 6 rings (SSSR count). The molecule has 45 heavy (non-hydrogen) atoms. The molecule has 1 saturated heterocycles. The van der Waals surface area contributed by atoms with Gasteiger partial charge < -0.3 is 23.0 Å². The van der Waals surface area contributed by atoms with Gasteiger partial charge in [-0.1, -0.05) is 66.7 Å². The Morgan fingerprint density at radius 2 is 1.47 bits per heavy atom. The molecule has 1 aliphatic rings. The lowest BCUT2D eigenvalue weighted by Gasteiger charge is -2.13. The van der Waals surface area contributed by atoms with E-state index in [-0.39, 0.29) is 12.8 Å². The van der Waals surface area contributed by atoms with Crippen LogP contribution >= 0.6 is 0 Å². The second-order valence-electron chi connectivity index (χ2n) is 10.9. The number of hydrogen-bond donors (Lipinski definition) is 1. The van der Waals surface area contributed by atoms with E-state index in [2.05, 4.69) is 21.4 Å². The number of ether oxygens (including phenoxy) is 3. The number of methoxy groups -OCH3 is 1. The standard InChI is InChI=1S/C37H37N3O5/c1-41-34-21-29(15-18-33(34)42-25-32-26-44-36(40-32)20-17-28-11-6-3-7-12-28)13-8-14-30-23-45-37(38-30)22-31-24-43-35(39-31)19-16-27-9-4-2-5-10-27/h2-7,9-12,15-21,24,26,30,37-38H,8,13-14,22-23,25H2,1H3. The molecular formula is C37H37N3O5. The van der Waals surface area contributed by atoms with Crippen molar-refractivity contribution in [2.45, 2.75) is 44.6 Å². The molecule has 0 spiro atoms. The van der Waals surface area contributed by atoms with Crippen molar-refractivity contribution in [3.8, 4) is 11.5 Å². The molecule has 0 aliphatic carbocycles. The molecule has 0 bridgehead atoms. The average molecular weight is 604 g/mol. The van der Waals surface area contributed by atoms with Gasteiger partial charge in [0, 0.05) is 24.6 Å². The SMILES string of the molecule is COc1cc(CCCC2COC(Cc3coc(C=Cc4ccccc4)n3)N2)ccc1OCc1coc(C=Cc2ccccc2)n1. The Morgan fingerprint density at radius 1 is 0.800 bits per heavy atom. The lowest BCUT2D eigenvalue weighted by atomic mass is 10.0. The first kappa shape index (κ1) is 30.1. The van der Waals surface area contributed by atoms with Gasteiger partial charge in [-0.3, -0.25) is 5.32 Å². The van der Waals surface area contributed by atoms with Crippen LogP contribution < -0.4 is 14.8 Å². The van der Waals surface area contributed by atoms with Gasteiger partial charge in [0.2, 0.25) is 11.8 Å². The summed E-state index contributed by atoms with van der Waals surface area (Å²) in [7, 11) is 1.66. The maximum atomic E-state index is 6.01. The molecule has 1 aliphatic heterocycles. The Labute approximate surface area is 263 Å². The van der Waals surface area contributed by atoms with Gasteiger partial charge >= 0.3 is 0 Å². The number of hydrogen-bond acceptors (Lipinski definition) is 8. The Hall–Kier alpha value is -4.92. The summed E-state index contributed by atoms with van der Waals surface area (Å²) in [5.74, 6) is 2.50. The van der Waals surface area contributed by atoms with Gasteiger partial charge in [-0.25, -0.2) is 9.97 Å². The number of aryl methyl sites for hydroxylation is 1. The monoisotopic (exact) mass is 603 g/mol. The zero-order valence-corrected chi connectivity index (χ0v) is 25.3. The fraction of sp³-hybridized carbons (Fsp3) is 0.243. The zero-order chi connectivity index (χ0) is 30.7. The second kappa shape index (κ2) is 15.2. The molecule has 1 N–H and O–H groups in total. The average Bonchev–Trinajstić information content (AvgIpc) is 3.85. The Kier molecular flexibility index (Phi) is 10.2. The summed E-state index contributed by atoms with van der Waals surface area (Å²) in [5.41, 5.74) is 4.97. The van der Waals surface area contributed by atoms with Crippen molar-refractivity contribution in [3.05, 3.63) is 131 Å². The quantitative estimate of drug-likeness (QED) is 0.140. The third-order valence-electron chi connectivity index (χ3n) is 7.51. The molecular weight excluding hydrogens is 566 g/mol. The zero-order valence-electron chi connectivity index (χ0n) is 25.3. The molecule has 8 nitrogen and oxygen atoms in total. The van der Waals surface area contributed by atoms with E-state index >= 15 is 0 Å². The predicted molar refractivity (Wildman–Crippen MR) is 174 cm³/mol. The van der Waals surface area contributed by atoms with Crippen molar-refractivity contribution in [2.24, 2.45) is 0 Å². The number of nitrogens with one attached hydrogen (secondary N) is 1. The summed E-state index contributed by atoms with van der Waals surface area (Å²) in [4.78, 5) is 9.07. The first-order chi connectivity index (χ1) is 22.2. The van der Waals surface area contributed by atoms with Crippen LogP contribution in [-0.2, 0) is 24.2 Å². The Balaban J connectivity index is 0.924. The van der Waals surface area contributed by atoms with E-state index in [0.29, 0.717) is 48.0 Å². The highest BCUT2D eigenvalue weighted by atomic mass is 16.5. The molecule has 1 fully saturated rings. The molecule has 2 unspecified atom stereocenters. The predicted octanol–water partition coefficient (Wildman–Crippen LogP) is 7.47. The molecule has 230 valence electrons. The third kappa shape index (κ3) is 8.81. The van der Waals surface area contributed by atoms with Crippen LogP contribution in [0, 0.1) is 0 Å². The minimum absolute atomic E-state index is 0.0664. The first-order valence-electron chi connectivity index (χ1n) is 15.2. The highest BCUT2D eigenvalue weighted by Gasteiger charge is 2.25. The van der Waals surface area contributed by atoms with Crippen LogP contribution in [0.25, 0.3) is 24.3 Å². The van der Waals surface area contributed by atoms with Crippen LogP contribution in [0.1, 0.15) is 52.7 Å². The highest BCUT2D eigenvalue weighted by molar-refractivity contribution is 5.66. The summed E-state index contributed by atoms with van der Waals surface area (Å²) in [6.07, 6.45) is 14.6. The maximum absolute atomic E-state index is 6.01. The van der Waals surface area contributed by atoms with Gasteiger partial charge in [-0.05, 0) is 60.2 Å². The largest absolute Gasteiger partial charge is 0.493 e. The lowest BCUT2D eigenvalue weighted by molar-refractivity contribution is 0.0995. The molecule has 3 heterocycles. The second-order valence-corrected chi connectivity index (χ2v) is 10.9.